The normalized spacial score (nSPS) is 21.3. The first-order valence-electron chi connectivity index (χ1n) is 13.8. The number of aromatic nitrogens is 1. The Morgan fingerprint density at radius 1 is 1.07 bits per heavy atom. The SMILES string of the molecule is CCCN(CCC)c1ccc2cc(-c3ccc(/C=C(\C#N)C(=O)NC[C@H]4OC[C@H](O)[C@@H](O)[C@@H]4O)n3C)ccc2c1. The Balaban J connectivity index is 1.50. The zero-order chi connectivity index (χ0) is 28.8. The van der Waals surface area contributed by atoms with Crippen molar-refractivity contribution >= 4 is 28.4 Å². The van der Waals surface area contributed by atoms with E-state index in [-0.39, 0.29) is 18.7 Å². The van der Waals surface area contributed by atoms with Gasteiger partial charge in [-0.3, -0.25) is 4.79 Å². The quantitative estimate of drug-likeness (QED) is 0.227. The average Bonchev–Trinajstić information content (AvgIpc) is 3.32. The zero-order valence-electron chi connectivity index (χ0n) is 23.2. The molecule has 1 aromatic heterocycles. The van der Waals surface area contributed by atoms with Gasteiger partial charge >= 0.3 is 0 Å². The number of hydrogen-bond acceptors (Lipinski definition) is 7. The molecule has 0 spiro atoms. The maximum absolute atomic E-state index is 12.7. The van der Waals surface area contributed by atoms with Crippen LogP contribution in [0, 0.1) is 11.3 Å². The number of benzene rings is 2. The van der Waals surface area contributed by atoms with Crippen molar-refractivity contribution in [1.29, 1.82) is 5.26 Å². The molecule has 1 aliphatic heterocycles. The monoisotopic (exact) mass is 546 g/mol. The van der Waals surface area contributed by atoms with E-state index in [4.69, 9.17) is 4.74 Å². The van der Waals surface area contributed by atoms with Crippen LogP contribution in [0.4, 0.5) is 5.69 Å². The minimum Gasteiger partial charge on any atom is -0.388 e. The second-order valence-electron chi connectivity index (χ2n) is 10.2. The summed E-state index contributed by atoms with van der Waals surface area (Å²) in [6.45, 7) is 6.18. The summed E-state index contributed by atoms with van der Waals surface area (Å²) in [4.78, 5) is 15.1. The lowest BCUT2D eigenvalue weighted by atomic mass is 10.00. The molecule has 4 N–H and O–H groups in total. The predicted molar refractivity (Wildman–Crippen MR) is 156 cm³/mol. The van der Waals surface area contributed by atoms with Crippen molar-refractivity contribution in [2.45, 2.75) is 51.1 Å². The number of rotatable bonds is 10. The van der Waals surface area contributed by atoms with Gasteiger partial charge in [0.2, 0.25) is 0 Å². The second kappa shape index (κ2) is 13.1. The molecule has 1 amide bonds. The molecule has 2 heterocycles. The number of carbonyl (C=O) groups is 1. The van der Waals surface area contributed by atoms with E-state index < -0.39 is 30.3 Å². The third-order valence-electron chi connectivity index (χ3n) is 7.36. The summed E-state index contributed by atoms with van der Waals surface area (Å²) in [5, 5.41) is 44.0. The Morgan fingerprint density at radius 3 is 2.48 bits per heavy atom. The number of amides is 1. The highest BCUT2D eigenvalue weighted by Gasteiger charge is 2.37. The molecule has 1 aliphatic rings. The second-order valence-corrected chi connectivity index (χ2v) is 10.2. The Bertz CT molecular complexity index is 1400. The summed E-state index contributed by atoms with van der Waals surface area (Å²) in [5.41, 5.74) is 3.77. The van der Waals surface area contributed by atoms with Crippen LogP contribution < -0.4 is 10.2 Å². The molecule has 1 saturated heterocycles. The summed E-state index contributed by atoms with van der Waals surface area (Å²) in [5.74, 6) is -0.622. The van der Waals surface area contributed by atoms with Gasteiger partial charge in [0, 0.05) is 43.8 Å². The molecule has 0 radical (unpaired) electrons. The van der Waals surface area contributed by atoms with Gasteiger partial charge in [0.25, 0.3) is 5.91 Å². The predicted octanol–water partition coefficient (Wildman–Crippen LogP) is 2.98. The number of hydrogen-bond donors (Lipinski definition) is 4. The first-order chi connectivity index (χ1) is 19.3. The van der Waals surface area contributed by atoms with E-state index >= 15 is 0 Å². The molecule has 0 unspecified atom stereocenters. The van der Waals surface area contributed by atoms with Crippen molar-refractivity contribution in [2.75, 3.05) is 31.1 Å². The molecule has 0 bridgehead atoms. The average molecular weight is 547 g/mol. The van der Waals surface area contributed by atoms with Crippen LogP contribution in [0.15, 0.2) is 54.1 Å². The molecule has 4 rings (SSSR count). The van der Waals surface area contributed by atoms with Gasteiger partial charge in [-0.2, -0.15) is 5.26 Å². The van der Waals surface area contributed by atoms with E-state index in [2.05, 4.69) is 60.5 Å². The third kappa shape index (κ3) is 6.37. The summed E-state index contributed by atoms with van der Waals surface area (Å²) in [7, 11) is 1.88. The van der Waals surface area contributed by atoms with Gasteiger partial charge in [-0.1, -0.05) is 32.0 Å². The maximum atomic E-state index is 12.7. The molecular weight excluding hydrogens is 508 g/mol. The smallest absolute Gasteiger partial charge is 0.262 e. The Morgan fingerprint density at radius 2 is 1.77 bits per heavy atom. The maximum Gasteiger partial charge on any atom is 0.262 e. The van der Waals surface area contributed by atoms with Crippen molar-refractivity contribution in [2.24, 2.45) is 7.05 Å². The van der Waals surface area contributed by atoms with E-state index in [0.29, 0.717) is 5.69 Å². The van der Waals surface area contributed by atoms with Gasteiger partial charge in [-0.05, 0) is 65.6 Å². The van der Waals surface area contributed by atoms with E-state index in [9.17, 15) is 25.4 Å². The van der Waals surface area contributed by atoms with Crippen LogP contribution in [0.25, 0.3) is 28.1 Å². The van der Waals surface area contributed by atoms with Crippen LogP contribution in [-0.2, 0) is 16.6 Å². The first-order valence-corrected chi connectivity index (χ1v) is 13.8. The number of anilines is 1. The molecular formula is C31H38N4O5. The summed E-state index contributed by atoms with van der Waals surface area (Å²) in [6, 6.07) is 18.7. The van der Waals surface area contributed by atoms with Gasteiger partial charge in [-0.15, -0.1) is 0 Å². The fourth-order valence-electron chi connectivity index (χ4n) is 5.09. The van der Waals surface area contributed by atoms with Crippen LogP contribution in [0.1, 0.15) is 32.4 Å². The van der Waals surface area contributed by atoms with E-state index in [0.717, 1.165) is 42.6 Å². The molecule has 0 saturated carbocycles. The number of aliphatic hydroxyl groups excluding tert-OH is 3. The van der Waals surface area contributed by atoms with Crippen molar-refractivity contribution < 1.29 is 24.9 Å². The summed E-state index contributed by atoms with van der Waals surface area (Å²) < 4.78 is 7.24. The Labute approximate surface area is 234 Å². The van der Waals surface area contributed by atoms with Crippen molar-refractivity contribution in [3.63, 3.8) is 0 Å². The minimum atomic E-state index is -1.36. The molecule has 4 atom stereocenters. The molecule has 9 heteroatoms. The summed E-state index contributed by atoms with van der Waals surface area (Å²) in [6.07, 6.45) is -1.09. The Hall–Kier alpha value is -3.68. The van der Waals surface area contributed by atoms with Gasteiger partial charge < -0.3 is 34.8 Å². The number of carbonyl (C=O) groups excluding carboxylic acids is 1. The number of nitriles is 1. The molecule has 9 nitrogen and oxygen atoms in total. The van der Waals surface area contributed by atoms with E-state index in [1.165, 1.54) is 17.1 Å². The van der Waals surface area contributed by atoms with Crippen LogP contribution >= 0.6 is 0 Å². The van der Waals surface area contributed by atoms with Crippen LogP contribution in [-0.4, -0.2) is 76.5 Å². The minimum absolute atomic E-state index is 0.103. The molecule has 0 aliphatic carbocycles. The summed E-state index contributed by atoms with van der Waals surface area (Å²) >= 11 is 0. The number of aliphatic hydroxyl groups is 3. The highest BCUT2D eigenvalue weighted by atomic mass is 16.5. The molecule has 3 aromatic rings. The van der Waals surface area contributed by atoms with Crippen molar-refractivity contribution in [1.82, 2.24) is 9.88 Å². The fourth-order valence-corrected chi connectivity index (χ4v) is 5.09. The van der Waals surface area contributed by atoms with Crippen LogP contribution in [0.2, 0.25) is 0 Å². The zero-order valence-corrected chi connectivity index (χ0v) is 23.2. The van der Waals surface area contributed by atoms with Gasteiger partial charge in [0.05, 0.1) is 6.61 Å². The molecule has 40 heavy (non-hydrogen) atoms. The highest BCUT2D eigenvalue weighted by molar-refractivity contribution is 6.01. The van der Waals surface area contributed by atoms with Gasteiger partial charge in [-0.25, -0.2) is 0 Å². The van der Waals surface area contributed by atoms with E-state index in [1.54, 1.807) is 0 Å². The number of ether oxygens (including phenoxy) is 1. The van der Waals surface area contributed by atoms with Crippen LogP contribution in [0.3, 0.4) is 0 Å². The topological polar surface area (TPSA) is 131 Å². The largest absolute Gasteiger partial charge is 0.388 e. The van der Waals surface area contributed by atoms with Crippen molar-refractivity contribution in [3.8, 4) is 17.3 Å². The Kier molecular flexibility index (Phi) is 9.61. The standard InChI is InChI=1S/C31H38N4O5/c1-4-12-35(13-5-2)25-9-8-20-14-22(7-6-21(20)15-25)26-11-10-24(34(26)3)16-23(17-32)31(39)33-18-28-30(38)29(37)27(36)19-40-28/h6-11,14-16,27-30,36-38H,4-5,12-13,18-19H2,1-3H3,(H,33,39)/b23-16+/t27-,28+,29+,30+/m0/s1. The highest BCUT2D eigenvalue weighted by Crippen LogP contribution is 2.29. The number of nitrogens with zero attached hydrogens (tertiary/aromatic N) is 3. The number of fused-ring (bicyclic) bond motifs is 1. The number of nitrogens with one attached hydrogen (secondary N) is 1. The van der Waals surface area contributed by atoms with Crippen LogP contribution in [0.5, 0.6) is 0 Å². The molecule has 212 valence electrons. The lowest BCUT2D eigenvalue weighted by Gasteiger charge is -2.35. The lowest BCUT2D eigenvalue weighted by Crippen LogP contribution is -2.56. The van der Waals surface area contributed by atoms with E-state index in [1.807, 2.05) is 29.8 Å². The molecule has 1 fully saturated rings. The fraction of sp³-hybridized carbons (Fsp3) is 0.419. The molecule has 2 aromatic carbocycles. The first kappa shape index (κ1) is 29.3. The van der Waals surface area contributed by atoms with Gasteiger partial charge in [0.1, 0.15) is 36.1 Å². The van der Waals surface area contributed by atoms with Crippen molar-refractivity contribution in [3.05, 3.63) is 59.8 Å². The third-order valence-corrected chi connectivity index (χ3v) is 7.36. The van der Waals surface area contributed by atoms with Gasteiger partial charge in [0.15, 0.2) is 0 Å². The lowest BCUT2D eigenvalue weighted by molar-refractivity contribution is -0.185.